The molecule has 1 rings (SSSR count). The molecule has 0 aromatic carbocycles. The Morgan fingerprint density at radius 3 is 2.44 bits per heavy atom. The van der Waals surface area contributed by atoms with Gasteiger partial charge in [-0.15, -0.1) is 0 Å². The highest BCUT2D eigenvalue weighted by Gasteiger charge is 2.50. The molecule has 1 saturated carbocycles. The summed E-state index contributed by atoms with van der Waals surface area (Å²) in [6.07, 6.45) is -0.818. The summed E-state index contributed by atoms with van der Waals surface area (Å²) in [4.78, 5) is 10.1. The number of rotatable bonds is 1. The molecule has 2 atom stereocenters. The second kappa shape index (κ2) is 1.67. The monoisotopic (exact) mass is 132 g/mol. The van der Waals surface area contributed by atoms with Gasteiger partial charge in [0.15, 0.2) is 0 Å². The van der Waals surface area contributed by atoms with Crippen molar-refractivity contribution < 1.29 is 14.3 Å². The Hall–Kier alpha value is -0.640. The summed E-state index contributed by atoms with van der Waals surface area (Å²) in [5, 5.41) is 8.30. The van der Waals surface area contributed by atoms with Gasteiger partial charge < -0.3 is 10.8 Å². The van der Waals surface area contributed by atoms with Crippen molar-refractivity contribution in [1.82, 2.24) is 0 Å². The summed E-state index contributed by atoms with van der Waals surface area (Å²) in [5.41, 5.74) is 3.55. The highest BCUT2D eigenvalue weighted by Crippen LogP contribution is 2.32. The predicted molar refractivity (Wildman–Crippen MR) is 28.7 cm³/mol. The topological polar surface area (TPSA) is 63.3 Å². The Morgan fingerprint density at radius 1 is 1.89 bits per heavy atom. The lowest BCUT2D eigenvalue weighted by Crippen LogP contribution is -2.62. The van der Waals surface area contributed by atoms with Gasteiger partial charge in [-0.1, -0.05) is 0 Å². The fraction of sp³-hybridized carbons (Fsp3) is 0.800. The molecule has 4 heteroatoms. The Kier molecular flexibility index (Phi) is 1.20. The van der Waals surface area contributed by atoms with Crippen LogP contribution in [0.3, 0.4) is 0 Å². The Balaban J connectivity index is 2.64. The van der Waals surface area contributed by atoms with Gasteiger partial charge in [0, 0.05) is 0 Å². The Morgan fingerprint density at radius 2 is 2.44 bits per heavy atom. The van der Waals surface area contributed by atoms with Crippen molar-refractivity contribution in [3.63, 3.8) is 0 Å². The number of alkyl halides is 1. The van der Waals surface area contributed by atoms with E-state index in [9.17, 15) is 9.18 Å². The van der Waals surface area contributed by atoms with E-state index < -0.39 is 17.7 Å². The first kappa shape index (κ1) is 6.48. The molecule has 0 spiro atoms. The van der Waals surface area contributed by atoms with E-state index in [1.165, 1.54) is 0 Å². The summed E-state index contributed by atoms with van der Waals surface area (Å²) < 4.78 is 12.3. The van der Waals surface area contributed by atoms with Crippen LogP contribution in [0, 0.1) is 0 Å². The molecule has 0 radical (unpaired) electrons. The molecule has 0 heterocycles. The fourth-order valence-electron chi connectivity index (χ4n) is 0.805. The third kappa shape index (κ3) is 0.702. The van der Waals surface area contributed by atoms with Crippen molar-refractivity contribution >= 4 is 5.97 Å². The van der Waals surface area contributed by atoms with Crippen LogP contribution in [-0.4, -0.2) is 22.8 Å². The van der Waals surface area contributed by atoms with Crippen molar-refractivity contribution in [3.05, 3.63) is 0 Å². The largest absolute Gasteiger partial charge is 0.480 e. The molecule has 3 nitrogen and oxygen atoms in total. The normalized spacial score (nSPS) is 41.8. The molecule has 9 heavy (non-hydrogen) atoms. The van der Waals surface area contributed by atoms with Gasteiger partial charge in [-0.25, -0.2) is 4.39 Å². The second-order valence-corrected chi connectivity index (χ2v) is 2.35. The SMILES string of the molecule is N[C@@]1(C(=O)O)CCC1[18F]. The first-order valence-electron chi connectivity index (χ1n) is 2.74. The maximum absolute atomic E-state index is 12.3. The number of carboxylic acids is 1. The van der Waals surface area contributed by atoms with Gasteiger partial charge >= 0.3 is 5.97 Å². The molecular formula is C5H8FNO2. The molecule has 0 bridgehead atoms. The lowest BCUT2D eigenvalue weighted by atomic mass is 9.75. The maximum atomic E-state index is 12.3. The van der Waals surface area contributed by atoms with Gasteiger partial charge in [-0.05, 0) is 12.8 Å². The van der Waals surface area contributed by atoms with Crippen LogP contribution in [0.5, 0.6) is 0 Å². The van der Waals surface area contributed by atoms with Crippen molar-refractivity contribution in [2.45, 2.75) is 24.6 Å². The van der Waals surface area contributed by atoms with E-state index in [1.54, 1.807) is 0 Å². The van der Waals surface area contributed by atoms with Crippen LogP contribution in [0.15, 0.2) is 0 Å². The van der Waals surface area contributed by atoms with Gasteiger partial charge in [0.05, 0.1) is 0 Å². The van der Waals surface area contributed by atoms with E-state index in [1.807, 2.05) is 0 Å². The molecule has 1 aliphatic carbocycles. The molecule has 52 valence electrons. The summed E-state index contributed by atoms with van der Waals surface area (Å²) >= 11 is 0. The fourth-order valence-corrected chi connectivity index (χ4v) is 0.805. The molecule has 0 aliphatic heterocycles. The molecule has 3 N–H and O–H groups in total. The zero-order valence-electron chi connectivity index (χ0n) is 4.80. The average Bonchev–Trinajstić information content (AvgIpc) is 1.82. The number of aliphatic carboxylic acids is 1. The molecule has 1 unspecified atom stereocenters. The molecule has 0 saturated heterocycles. The van der Waals surface area contributed by atoms with Crippen LogP contribution < -0.4 is 5.73 Å². The van der Waals surface area contributed by atoms with E-state index in [2.05, 4.69) is 0 Å². The van der Waals surface area contributed by atoms with Crippen LogP contribution in [0.4, 0.5) is 4.39 Å². The van der Waals surface area contributed by atoms with Crippen molar-refractivity contribution in [3.8, 4) is 0 Å². The number of nitrogens with two attached hydrogens (primary N) is 1. The molecule has 0 amide bonds. The van der Waals surface area contributed by atoms with Gasteiger partial charge in [-0.3, -0.25) is 4.79 Å². The van der Waals surface area contributed by atoms with E-state index in [0.29, 0.717) is 0 Å². The first-order valence-corrected chi connectivity index (χ1v) is 2.74. The quantitative estimate of drug-likeness (QED) is 0.523. The minimum Gasteiger partial charge on any atom is -0.480 e. The number of halogens is 1. The molecular weight excluding hydrogens is 124 g/mol. The summed E-state index contributed by atoms with van der Waals surface area (Å²) in [6, 6.07) is 0. The lowest BCUT2D eigenvalue weighted by molar-refractivity contribution is -0.151. The number of carboxylic acid groups (broad SMARTS) is 1. The van der Waals surface area contributed by atoms with Gasteiger partial charge in [0.1, 0.15) is 11.7 Å². The first-order chi connectivity index (χ1) is 4.07. The van der Waals surface area contributed by atoms with Crippen LogP contribution in [-0.2, 0) is 4.79 Å². The third-order valence-electron chi connectivity index (χ3n) is 1.77. The van der Waals surface area contributed by atoms with Crippen LogP contribution in [0.1, 0.15) is 12.8 Å². The van der Waals surface area contributed by atoms with Crippen molar-refractivity contribution in [2.24, 2.45) is 5.73 Å². The highest BCUT2D eigenvalue weighted by molar-refractivity contribution is 5.80. The minimum absolute atomic E-state index is 0.253. The number of hydrogen-bond acceptors (Lipinski definition) is 2. The minimum atomic E-state index is -1.57. The van der Waals surface area contributed by atoms with Crippen molar-refractivity contribution in [2.75, 3.05) is 0 Å². The van der Waals surface area contributed by atoms with Crippen LogP contribution in [0.2, 0.25) is 0 Å². The van der Waals surface area contributed by atoms with Gasteiger partial charge in [0.25, 0.3) is 0 Å². The van der Waals surface area contributed by atoms with Gasteiger partial charge in [0.2, 0.25) is 0 Å². The van der Waals surface area contributed by atoms with E-state index in [-0.39, 0.29) is 12.8 Å². The van der Waals surface area contributed by atoms with Crippen LogP contribution in [0.25, 0.3) is 0 Å². The van der Waals surface area contributed by atoms with E-state index in [0.717, 1.165) is 0 Å². The van der Waals surface area contributed by atoms with E-state index >= 15 is 0 Å². The molecule has 1 aliphatic rings. The predicted octanol–water partition coefficient (Wildman–Crippen LogP) is -0.0996. The number of hydrogen-bond donors (Lipinski definition) is 2. The summed E-state index contributed by atoms with van der Waals surface area (Å²) in [6.45, 7) is 0. The average molecular weight is 132 g/mol. The summed E-state index contributed by atoms with van der Waals surface area (Å²) in [5.74, 6) is -1.23. The zero-order chi connectivity index (χ0) is 7.07. The number of carbonyl (C=O) groups is 1. The van der Waals surface area contributed by atoms with Crippen molar-refractivity contribution in [1.29, 1.82) is 0 Å². The Bertz CT molecular complexity index is 150. The third-order valence-corrected chi connectivity index (χ3v) is 1.77. The maximum Gasteiger partial charge on any atom is 0.326 e. The lowest BCUT2D eigenvalue weighted by Gasteiger charge is -2.37. The molecule has 1 fully saturated rings. The zero-order valence-corrected chi connectivity index (χ0v) is 4.80. The molecule has 0 aromatic rings. The van der Waals surface area contributed by atoms with E-state index in [4.69, 9.17) is 10.8 Å². The van der Waals surface area contributed by atoms with Crippen LogP contribution >= 0.6 is 0 Å². The highest BCUT2D eigenvalue weighted by atomic mass is 18.2. The molecule has 0 aromatic heterocycles. The summed E-state index contributed by atoms with van der Waals surface area (Å²) in [7, 11) is 0. The van der Waals surface area contributed by atoms with Gasteiger partial charge in [-0.2, -0.15) is 0 Å². The standard InChI is InChI=1S/C5H8FNO2/c6-3-1-2-5(3,7)4(8)9/h3H,1-2,7H2,(H,8,9)/t3?,5-/m0/s1/i6-1. The Labute approximate surface area is 51.7 Å². The smallest absolute Gasteiger partial charge is 0.326 e. The second-order valence-electron chi connectivity index (χ2n) is 2.35.